The van der Waals surface area contributed by atoms with Gasteiger partial charge in [0.1, 0.15) is 0 Å². The molecule has 1 aliphatic carbocycles. The highest BCUT2D eigenvalue weighted by molar-refractivity contribution is 5.89. The minimum atomic E-state index is 0. The first-order valence-electron chi connectivity index (χ1n) is 12.1. The van der Waals surface area contributed by atoms with Crippen molar-refractivity contribution in [1.82, 2.24) is 25.1 Å². The van der Waals surface area contributed by atoms with Gasteiger partial charge in [0.25, 0.3) is 0 Å². The average molecular weight is 493 g/mol. The molecular formula is C26H33ClN8. The van der Waals surface area contributed by atoms with Crippen LogP contribution < -0.4 is 16.8 Å². The number of nitrogens with two attached hydrogens (primary N) is 2. The van der Waals surface area contributed by atoms with Gasteiger partial charge in [0.15, 0.2) is 5.65 Å². The molecule has 0 amide bonds. The van der Waals surface area contributed by atoms with Gasteiger partial charge in [-0.2, -0.15) is 10.1 Å². The largest absolute Gasteiger partial charge is 0.351 e. The average Bonchev–Trinajstić information content (AvgIpc) is 3.29. The maximum absolute atomic E-state index is 6.02. The summed E-state index contributed by atoms with van der Waals surface area (Å²) in [6.45, 7) is 0.645. The maximum atomic E-state index is 6.02. The van der Waals surface area contributed by atoms with Gasteiger partial charge in [-0.3, -0.25) is 10.1 Å². The molecule has 0 radical (unpaired) electrons. The number of hydrogen-bond acceptors (Lipinski definition) is 7. The minimum Gasteiger partial charge on any atom is -0.351 e. The number of halogens is 1. The van der Waals surface area contributed by atoms with E-state index in [2.05, 4.69) is 55.8 Å². The van der Waals surface area contributed by atoms with Crippen LogP contribution in [0.2, 0.25) is 0 Å². The normalized spacial score (nSPS) is 18.7. The van der Waals surface area contributed by atoms with Crippen LogP contribution in [0.15, 0.2) is 54.7 Å². The summed E-state index contributed by atoms with van der Waals surface area (Å²) in [5, 5.41) is 11.9. The van der Waals surface area contributed by atoms with E-state index >= 15 is 0 Å². The molecule has 184 valence electrons. The lowest BCUT2D eigenvalue weighted by molar-refractivity contribution is 0.410. The minimum absolute atomic E-state index is 0. The molecule has 1 atom stereocenters. The van der Waals surface area contributed by atoms with Gasteiger partial charge in [-0.15, -0.1) is 12.4 Å². The Hall–Kier alpha value is -3.07. The molecule has 0 saturated heterocycles. The molecule has 1 aliphatic rings. The van der Waals surface area contributed by atoms with Crippen molar-refractivity contribution in [2.45, 2.75) is 56.5 Å². The Bertz CT molecular complexity index is 1220. The number of H-pyrrole nitrogens is 1. The molecule has 1 saturated carbocycles. The Kier molecular flexibility index (Phi) is 8.28. The summed E-state index contributed by atoms with van der Waals surface area (Å²) in [5.74, 6) is 0.944. The van der Waals surface area contributed by atoms with E-state index in [0.717, 1.165) is 61.0 Å². The molecule has 0 bridgehead atoms. The van der Waals surface area contributed by atoms with E-state index in [0.29, 0.717) is 36.1 Å². The summed E-state index contributed by atoms with van der Waals surface area (Å²) in [6.07, 6.45) is 7.72. The van der Waals surface area contributed by atoms with Crippen molar-refractivity contribution in [2.75, 3.05) is 11.9 Å². The molecule has 5 rings (SSSR count). The second-order valence-corrected chi connectivity index (χ2v) is 9.19. The zero-order valence-corrected chi connectivity index (χ0v) is 20.5. The summed E-state index contributed by atoms with van der Waals surface area (Å²) >= 11 is 0. The highest BCUT2D eigenvalue weighted by Crippen LogP contribution is 2.27. The Morgan fingerprint density at radius 2 is 1.80 bits per heavy atom. The van der Waals surface area contributed by atoms with E-state index in [-0.39, 0.29) is 12.4 Å². The van der Waals surface area contributed by atoms with Crippen molar-refractivity contribution >= 4 is 29.4 Å². The number of aromatic nitrogens is 5. The molecule has 3 heterocycles. The van der Waals surface area contributed by atoms with Crippen LogP contribution in [0.5, 0.6) is 0 Å². The van der Waals surface area contributed by atoms with Gasteiger partial charge in [0.2, 0.25) is 5.95 Å². The first-order valence-corrected chi connectivity index (χ1v) is 12.1. The summed E-state index contributed by atoms with van der Waals surface area (Å²) < 4.78 is 0. The van der Waals surface area contributed by atoms with E-state index in [4.69, 9.17) is 16.5 Å². The molecule has 8 nitrogen and oxygen atoms in total. The number of hydrogen-bond donors (Lipinski definition) is 4. The molecule has 0 aliphatic heterocycles. The molecule has 4 aromatic rings. The second-order valence-electron chi connectivity index (χ2n) is 9.19. The number of fused-ring (bicyclic) bond motifs is 1. The van der Waals surface area contributed by atoms with Crippen LogP contribution in [0.1, 0.15) is 49.3 Å². The number of aromatic amines is 1. The Morgan fingerprint density at radius 3 is 2.57 bits per heavy atom. The monoisotopic (exact) mass is 492 g/mol. The van der Waals surface area contributed by atoms with E-state index in [9.17, 15) is 0 Å². The first-order chi connectivity index (χ1) is 16.7. The highest BCUT2D eigenvalue weighted by Gasteiger charge is 2.20. The number of pyridine rings is 1. The zero-order chi connectivity index (χ0) is 23.3. The number of nitrogens with zero attached hydrogens (tertiary/aromatic N) is 4. The summed E-state index contributed by atoms with van der Waals surface area (Å²) in [4.78, 5) is 14.1. The Morgan fingerprint density at radius 1 is 1.00 bits per heavy atom. The van der Waals surface area contributed by atoms with Crippen LogP contribution in [0.3, 0.4) is 0 Å². The standard InChI is InChI=1S/C26H32N8.ClH/c27-14-13-18(17-5-2-1-3-6-17)15-21-7-4-8-23(30-21)24-22-16-29-26(32-25(22)34-33-24)31-20-11-9-19(28)10-12-20;/h1-8,16,18-20H,9-15,27-28H2,(H2,29,31,32,33,34);1H. The lowest BCUT2D eigenvalue weighted by atomic mass is 9.91. The Balaban J connectivity index is 0.00000289. The molecule has 35 heavy (non-hydrogen) atoms. The third kappa shape index (κ3) is 5.96. The predicted octanol–water partition coefficient (Wildman–Crippen LogP) is 4.19. The van der Waals surface area contributed by atoms with Crippen LogP contribution in [0, 0.1) is 0 Å². The fourth-order valence-electron chi connectivity index (χ4n) is 4.81. The molecule has 1 aromatic carbocycles. The number of nitrogens with one attached hydrogen (secondary N) is 2. The second kappa shape index (κ2) is 11.6. The number of benzene rings is 1. The smallest absolute Gasteiger partial charge is 0.224 e. The van der Waals surface area contributed by atoms with Gasteiger partial charge < -0.3 is 16.8 Å². The van der Waals surface area contributed by atoms with Crippen molar-refractivity contribution in [2.24, 2.45) is 11.5 Å². The SMILES string of the molecule is Cl.NCCC(Cc1cccc(-c2[nH]nc3nc(NC4CCC(N)CC4)ncc23)n1)c1ccccc1. The molecular weight excluding hydrogens is 460 g/mol. The van der Waals surface area contributed by atoms with Crippen molar-refractivity contribution in [3.63, 3.8) is 0 Å². The van der Waals surface area contributed by atoms with Gasteiger partial charge in [-0.25, -0.2) is 4.98 Å². The quantitative estimate of drug-likeness (QED) is 0.290. The summed E-state index contributed by atoms with van der Waals surface area (Å²) in [6, 6.07) is 17.3. The van der Waals surface area contributed by atoms with Crippen LogP contribution in [-0.4, -0.2) is 43.8 Å². The predicted molar refractivity (Wildman–Crippen MR) is 143 cm³/mol. The molecule has 1 fully saturated rings. The maximum Gasteiger partial charge on any atom is 0.224 e. The van der Waals surface area contributed by atoms with Gasteiger partial charge in [-0.1, -0.05) is 36.4 Å². The van der Waals surface area contributed by atoms with Gasteiger partial charge in [-0.05, 0) is 68.7 Å². The number of rotatable bonds is 8. The van der Waals surface area contributed by atoms with Gasteiger partial charge >= 0.3 is 0 Å². The zero-order valence-electron chi connectivity index (χ0n) is 19.7. The van der Waals surface area contributed by atoms with Crippen molar-refractivity contribution < 1.29 is 0 Å². The molecule has 1 unspecified atom stereocenters. The van der Waals surface area contributed by atoms with E-state index in [1.165, 1.54) is 5.56 Å². The van der Waals surface area contributed by atoms with E-state index in [1.54, 1.807) is 0 Å². The van der Waals surface area contributed by atoms with Gasteiger partial charge in [0.05, 0.1) is 16.8 Å². The van der Waals surface area contributed by atoms with Crippen LogP contribution in [-0.2, 0) is 6.42 Å². The third-order valence-corrected chi connectivity index (χ3v) is 6.72. The summed E-state index contributed by atoms with van der Waals surface area (Å²) in [7, 11) is 0. The third-order valence-electron chi connectivity index (χ3n) is 6.72. The van der Waals surface area contributed by atoms with Crippen molar-refractivity contribution in [3.05, 3.63) is 66.0 Å². The van der Waals surface area contributed by atoms with Crippen LogP contribution in [0.25, 0.3) is 22.4 Å². The van der Waals surface area contributed by atoms with Gasteiger partial charge in [0, 0.05) is 24.0 Å². The molecule has 6 N–H and O–H groups in total. The molecule has 0 spiro atoms. The Labute approximate surface area is 211 Å². The summed E-state index contributed by atoms with van der Waals surface area (Å²) in [5.41, 5.74) is 16.6. The van der Waals surface area contributed by atoms with Crippen LogP contribution in [0.4, 0.5) is 5.95 Å². The number of anilines is 1. The van der Waals surface area contributed by atoms with Crippen LogP contribution >= 0.6 is 12.4 Å². The van der Waals surface area contributed by atoms with Crippen molar-refractivity contribution in [1.29, 1.82) is 0 Å². The topological polar surface area (TPSA) is 131 Å². The first kappa shape index (κ1) is 25.0. The lowest BCUT2D eigenvalue weighted by Crippen LogP contribution is -2.33. The molecule has 3 aromatic heterocycles. The lowest BCUT2D eigenvalue weighted by Gasteiger charge is -2.26. The molecule has 9 heteroatoms. The van der Waals surface area contributed by atoms with E-state index < -0.39 is 0 Å². The fourth-order valence-corrected chi connectivity index (χ4v) is 4.81. The van der Waals surface area contributed by atoms with E-state index in [1.807, 2.05) is 24.4 Å². The van der Waals surface area contributed by atoms with Crippen molar-refractivity contribution in [3.8, 4) is 11.4 Å². The fraction of sp³-hybridized carbons (Fsp3) is 0.385. The highest BCUT2D eigenvalue weighted by atomic mass is 35.5.